The highest BCUT2D eigenvalue weighted by molar-refractivity contribution is 9.10. The Kier molecular flexibility index (Phi) is 7.33. The van der Waals surface area contributed by atoms with Gasteiger partial charge in [0.15, 0.2) is 23.2 Å². The molecule has 0 aliphatic heterocycles. The minimum atomic E-state index is -0.263. The molecule has 1 amide bonds. The van der Waals surface area contributed by atoms with E-state index in [9.17, 15) is 4.79 Å². The van der Waals surface area contributed by atoms with Gasteiger partial charge in [0, 0.05) is 15.4 Å². The molecule has 6 nitrogen and oxygen atoms in total. The molecule has 3 aromatic rings. The first kappa shape index (κ1) is 22.1. The quantitative estimate of drug-likeness (QED) is 0.436. The van der Waals surface area contributed by atoms with E-state index < -0.39 is 0 Å². The Labute approximate surface area is 188 Å². The average Bonchev–Trinajstić information content (AvgIpc) is 3.20. The molecule has 0 unspecified atom stereocenters. The average molecular weight is 491 g/mol. The summed E-state index contributed by atoms with van der Waals surface area (Å²) in [7, 11) is 3.18. The molecule has 30 heavy (non-hydrogen) atoms. The highest BCUT2D eigenvalue weighted by Gasteiger charge is 2.13. The second kappa shape index (κ2) is 9.95. The third-order valence-corrected chi connectivity index (χ3v) is 5.63. The first-order chi connectivity index (χ1) is 14.4. The molecule has 1 heterocycles. The van der Waals surface area contributed by atoms with Gasteiger partial charge in [0.2, 0.25) is 0 Å². The fourth-order valence-corrected chi connectivity index (χ4v) is 3.97. The van der Waals surface area contributed by atoms with Crippen molar-refractivity contribution in [3.63, 3.8) is 0 Å². The number of methoxy groups -OCH3 is 2. The zero-order valence-corrected chi connectivity index (χ0v) is 19.6. The fraction of sp³-hybridized carbons (Fsp3) is 0.273. The molecule has 0 atom stereocenters. The number of aromatic nitrogens is 1. The molecule has 158 valence electrons. The van der Waals surface area contributed by atoms with Crippen LogP contribution in [0.25, 0.3) is 11.3 Å². The summed E-state index contributed by atoms with van der Waals surface area (Å²) in [6.45, 7) is 4.08. The van der Waals surface area contributed by atoms with Crippen molar-refractivity contribution in [2.45, 2.75) is 19.8 Å². The number of amides is 1. The van der Waals surface area contributed by atoms with Gasteiger partial charge in [-0.15, -0.1) is 11.3 Å². The van der Waals surface area contributed by atoms with Crippen LogP contribution in [0.4, 0.5) is 5.13 Å². The molecule has 0 radical (unpaired) electrons. The summed E-state index contributed by atoms with van der Waals surface area (Å²) in [4.78, 5) is 16.8. The van der Waals surface area contributed by atoms with E-state index in [-0.39, 0.29) is 18.4 Å². The van der Waals surface area contributed by atoms with Crippen molar-refractivity contribution < 1.29 is 19.0 Å². The van der Waals surface area contributed by atoms with E-state index in [0.717, 1.165) is 21.3 Å². The van der Waals surface area contributed by atoms with E-state index >= 15 is 0 Å². The Morgan fingerprint density at radius 2 is 1.83 bits per heavy atom. The molecule has 8 heteroatoms. The lowest BCUT2D eigenvalue weighted by Gasteiger charge is -2.14. The van der Waals surface area contributed by atoms with Crippen molar-refractivity contribution in [3.05, 3.63) is 51.8 Å². The molecule has 0 saturated heterocycles. The van der Waals surface area contributed by atoms with Crippen LogP contribution < -0.4 is 19.5 Å². The van der Waals surface area contributed by atoms with Crippen LogP contribution in [-0.2, 0) is 4.79 Å². The number of carbonyl (C=O) groups is 1. The molecular weight excluding hydrogens is 468 g/mol. The lowest BCUT2D eigenvalue weighted by molar-refractivity contribution is -0.118. The molecule has 1 aromatic heterocycles. The normalized spacial score (nSPS) is 10.7. The molecule has 0 aliphatic carbocycles. The van der Waals surface area contributed by atoms with Gasteiger partial charge in [-0.05, 0) is 47.9 Å². The molecule has 0 aliphatic rings. The Morgan fingerprint density at radius 3 is 2.53 bits per heavy atom. The molecule has 0 bridgehead atoms. The van der Waals surface area contributed by atoms with Crippen molar-refractivity contribution in [1.29, 1.82) is 0 Å². The Hall–Kier alpha value is -2.58. The Balaban J connectivity index is 1.65. The van der Waals surface area contributed by atoms with E-state index in [1.165, 1.54) is 11.3 Å². The van der Waals surface area contributed by atoms with E-state index in [1.54, 1.807) is 14.2 Å². The summed E-state index contributed by atoms with van der Waals surface area (Å²) in [5, 5.41) is 5.18. The fourth-order valence-electron chi connectivity index (χ4n) is 2.86. The molecule has 1 N–H and O–H groups in total. The predicted molar refractivity (Wildman–Crippen MR) is 123 cm³/mol. The van der Waals surface area contributed by atoms with Crippen molar-refractivity contribution in [2.24, 2.45) is 0 Å². The topological polar surface area (TPSA) is 69.7 Å². The van der Waals surface area contributed by atoms with Gasteiger partial charge in [-0.25, -0.2) is 4.98 Å². The third kappa shape index (κ3) is 5.31. The van der Waals surface area contributed by atoms with Crippen LogP contribution in [0.15, 0.2) is 46.3 Å². The first-order valence-corrected chi connectivity index (χ1v) is 11.0. The number of halogens is 1. The maximum atomic E-state index is 12.3. The van der Waals surface area contributed by atoms with Gasteiger partial charge < -0.3 is 14.2 Å². The van der Waals surface area contributed by atoms with Gasteiger partial charge in [0.05, 0.1) is 19.9 Å². The highest BCUT2D eigenvalue weighted by atomic mass is 79.9. The number of benzene rings is 2. The second-order valence-corrected chi connectivity index (χ2v) is 8.56. The van der Waals surface area contributed by atoms with Gasteiger partial charge in [-0.2, -0.15) is 0 Å². The maximum absolute atomic E-state index is 12.3. The smallest absolute Gasteiger partial charge is 0.264 e. The van der Waals surface area contributed by atoms with Crippen LogP contribution in [0.2, 0.25) is 0 Å². The zero-order valence-electron chi connectivity index (χ0n) is 17.2. The number of carbonyl (C=O) groups excluding carboxylic acids is 1. The lowest BCUT2D eigenvalue weighted by Crippen LogP contribution is -2.20. The van der Waals surface area contributed by atoms with Crippen molar-refractivity contribution in [2.75, 3.05) is 26.1 Å². The van der Waals surface area contributed by atoms with E-state index in [0.29, 0.717) is 22.4 Å². The largest absolute Gasteiger partial charge is 0.493 e. The number of rotatable bonds is 8. The summed E-state index contributed by atoms with van der Waals surface area (Å²) < 4.78 is 17.3. The number of hydrogen-bond donors (Lipinski definition) is 1. The standard InChI is InChI=1S/C22H23BrN2O4S/c1-13(2)16-10-15(23)6-8-18(16)29-11-21(26)25-22-24-17(12-30-22)14-5-7-19(27-3)20(9-14)28-4/h5-10,12-13H,11H2,1-4H3,(H,24,25,26). The number of thiazole rings is 1. The van der Waals surface area contributed by atoms with Crippen LogP contribution in [0.3, 0.4) is 0 Å². The first-order valence-electron chi connectivity index (χ1n) is 9.31. The van der Waals surface area contributed by atoms with Crippen LogP contribution in [0.5, 0.6) is 17.2 Å². The lowest BCUT2D eigenvalue weighted by atomic mass is 10.0. The number of ether oxygens (including phenoxy) is 3. The van der Waals surface area contributed by atoms with Crippen molar-refractivity contribution in [1.82, 2.24) is 4.98 Å². The summed E-state index contributed by atoms with van der Waals surface area (Å²) in [5.41, 5.74) is 2.66. The van der Waals surface area contributed by atoms with Crippen molar-refractivity contribution >= 4 is 38.3 Å². The molecule has 0 spiro atoms. The number of anilines is 1. The number of nitrogens with zero attached hydrogens (tertiary/aromatic N) is 1. The van der Waals surface area contributed by atoms with Crippen LogP contribution in [-0.4, -0.2) is 31.7 Å². The van der Waals surface area contributed by atoms with Gasteiger partial charge in [0.25, 0.3) is 5.91 Å². The SMILES string of the molecule is COc1ccc(-c2csc(NC(=O)COc3ccc(Br)cc3C(C)C)n2)cc1OC. The van der Waals surface area contributed by atoms with Crippen LogP contribution in [0, 0.1) is 0 Å². The molecular formula is C22H23BrN2O4S. The number of hydrogen-bond acceptors (Lipinski definition) is 6. The minimum absolute atomic E-state index is 0.0907. The summed E-state index contributed by atoms with van der Waals surface area (Å²) >= 11 is 4.82. The molecule has 0 saturated carbocycles. The third-order valence-electron chi connectivity index (χ3n) is 4.38. The minimum Gasteiger partial charge on any atom is -0.493 e. The predicted octanol–water partition coefficient (Wildman–Crippen LogP) is 5.73. The maximum Gasteiger partial charge on any atom is 0.264 e. The summed E-state index contributed by atoms with van der Waals surface area (Å²) in [6, 6.07) is 11.3. The van der Waals surface area contributed by atoms with Gasteiger partial charge in [-0.3, -0.25) is 10.1 Å². The molecule has 2 aromatic carbocycles. The second-order valence-electron chi connectivity index (χ2n) is 6.78. The van der Waals surface area contributed by atoms with Gasteiger partial charge in [0.1, 0.15) is 5.75 Å². The highest BCUT2D eigenvalue weighted by Crippen LogP contribution is 2.33. The Bertz CT molecular complexity index is 1040. The monoisotopic (exact) mass is 490 g/mol. The van der Waals surface area contributed by atoms with Crippen LogP contribution >= 0.6 is 27.3 Å². The van der Waals surface area contributed by atoms with Gasteiger partial charge >= 0.3 is 0 Å². The van der Waals surface area contributed by atoms with Gasteiger partial charge in [-0.1, -0.05) is 29.8 Å². The van der Waals surface area contributed by atoms with Crippen molar-refractivity contribution in [3.8, 4) is 28.5 Å². The van der Waals surface area contributed by atoms with E-state index in [2.05, 4.69) is 40.1 Å². The summed E-state index contributed by atoms with van der Waals surface area (Å²) in [6.07, 6.45) is 0. The molecule has 0 fully saturated rings. The van der Waals surface area contributed by atoms with E-state index in [1.807, 2.05) is 41.8 Å². The molecule has 3 rings (SSSR count). The van der Waals surface area contributed by atoms with E-state index in [4.69, 9.17) is 14.2 Å². The zero-order chi connectivity index (χ0) is 21.7. The summed E-state index contributed by atoms with van der Waals surface area (Å²) in [5.74, 6) is 1.99. The van der Waals surface area contributed by atoms with Crippen LogP contribution in [0.1, 0.15) is 25.3 Å². The number of nitrogens with one attached hydrogen (secondary N) is 1. The Morgan fingerprint density at radius 1 is 1.10 bits per heavy atom.